The van der Waals surface area contributed by atoms with Crippen molar-refractivity contribution in [2.75, 3.05) is 0 Å². The van der Waals surface area contributed by atoms with Gasteiger partial charge in [0.25, 0.3) is 0 Å². The Morgan fingerprint density at radius 2 is 2.20 bits per heavy atom. The van der Waals surface area contributed by atoms with E-state index in [1.165, 1.54) is 17.8 Å². The molecule has 0 saturated heterocycles. The van der Waals surface area contributed by atoms with Crippen LogP contribution < -0.4 is 0 Å². The maximum Gasteiger partial charge on any atom is 0.179 e. The van der Waals surface area contributed by atoms with Gasteiger partial charge >= 0.3 is 0 Å². The summed E-state index contributed by atoms with van der Waals surface area (Å²) in [7, 11) is 1.82. The van der Waals surface area contributed by atoms with Gasteiger partial charge in [-0.3, -0.25) is 9.48 Å². The van der Waals surface area contributed by atoms with Crippen molar-refractivity contribution >= 4 is 5.78 Å². The predicted octanol–water partition coefficient (Wildman–Crippen LogP) is 0.512. The van der Waals surface area contributed by atoms with Crippen molar-refractivity contribution in [1.29, 1.82) is 0 Å². The maximum absolute atomic E-state index is 11.3. The minimum atomic E-state index is -0.0664. The van der Waals surface area contributed by atoms with E-state index < -0.39 is 0 Å². The van der Waals surface area contributed by atoms with Gasteiger partial charge in [0.2, 0.25) is 0 Å². The highest BCUT2D eigenvalue weighted by Gasteiger charge is 2.13. The monoisotopic (exact) mass is 205 g/mol. The minimum Gasteiger partial charge on any atom is -0.293 e. The molecule has 78 valence electrons. The van der Waals surface area contributed by atoms with Gasteiger partial charge in [-0.1, -0.05) is 5.21 Å². The van der Waals surface area contributed by atoms with Crippen LogP contribution in [0.1, 0.15) is 23.1 Å². The molecule has 0 atom stereocenters. The number of Topliss-reactive ketones (excluding diaryl/α,β-unsaturated/α-hetero) is 1. The third-order valence-corrected chi connectivity index (χ3v) is 2.13. The summed E-state index contributed by atoms with van der Waals surface area (Å²) in [6.45, 7) is 3.35. The molecule has 0 aliphatic rings. The Balaban J connectivity index is 2.58. The lowest BCUT2D eigenvalue weighted by atomic mass is 10.3. The van der Waals surface area contributed by atoms with Crippen LogP contribution in [0.3, 0.4) is 0 Å². The zero-order chi connectivity index (χ0) is 11.0. The molecular weight excluding hydrogens is 194 g/mol. The van der Waals surface area contributed by atoms with Crippen LogP contribution in [0.25, 0.3) is 5.69 Å². The molecule has 2 rings (SSSR count). The lowest BCUT2D eigenvalue weighted by molar-refractivity contribution is 0.101. The number of ketones is 1. The summed E-state index contributed by atoms with van der Waals surface area (Å²) in [5, 5.41) is 11.8. The molecule has 15 heavy (non-hydrogen) atoms. The lowest BCUT2D eigenvalue weighted by Crippen LogP contribution is -2.06. The number of rotatable bonds is 2. The number of aromatic nitrogens is 5. The molecule has 0 fully saturated rings. The average Bonchev–Trinajstić information content (AvgIpc) is 2.71. The molecule has 0 aliphatic carbocycles. The fourth-order valence-electron chi connectivity index (χ4n) is 1.45. The van der Waals surface area contributed by atoms with E-state index in [0.29, 0.717) is 5.69 Å². The van der Waals surface area contributed by atoms with Gasteiger partial charge in [-0.2, -0.15) is 5.10 Å². The molecule has 0 amide bonds. The quantitative estimate of drug-likeness (QED) is 0.670. The number of aryl methyl sites for hydroxylation is 2. The van der Waals surface area contributed by atoms with Gasteiger partial charge in [-0.25, -0.2) is 4.68 Å². The van der Waals surface area contributed by atoms with Crippen LogP contribution in [-0.2, 0) is 7.05 Å². The normalized spacial score (nSPS) is 10.6. The van der Waals surface area contributed by atoms with Gasteiger partial charge in [0, 0.05) is 14.0 Å². The van der Waals surface area contributed by atoms with Crippen LogP contribution in [-0.4, -0.2) is 30.6 Å². The first kappa shape index (κ1) is 9.57. The van der Waals surface area contributed by atoms with E-state index in [-0.39, 0.29) is 5.78 Å². The summed E-state index contributed by atoms with van der Waals surface area (Å²) in [6, 6.07) is 0. The third kappa shape index (κ3) is 1.54. The lowest BCUT2D eigenvalue weighted by Gasteiger charge is -2.00. The van der Waals surface area contributed by atoms with Crippen molar-refractivity contribution in [2.45, 2.75) is 13.8 Å². The van der Waals surface area contributed by atoms with Crippen molar-refractivity contribution in [3.05, 3.63) is 23.8 Å². The largest absolute Gasteiger partial charge is 0.293 e. The second-order valence-electron chi connectivity index (χ2n) is 3.36. The van der Waals surface area contributed by atoms with Gasteiger partial charge < -0.3 is 0 Å². The fraction of sp³-hybridized carbons (Fsp3) is 0.333. The Kier molecular flexibility index (Phi) is 2.11. The Morgan fingerprint density at radius 3 is 2.73 bits per heavy atom. The van der Waals surface area contributed by atoms with E-state index in [4.69, 9.17) is 0 Å². The van der Waals surface area contributed by atoms with Crippen LogP contribution in [0.5, 0.6) is 0 Å². The van der Waals surface area contributed by atoms with Gasteiger partial charge in [0.1, 0.15) is 11.4 Å². The first-order chi connectivity index (χ1) is 7.09. The Hall–Kier alpha value is -1.98. The van der Waals surface area contributed by atoms with E-state index in [0.717, 1.165) is 11.4 Å². The van der Waals surface area contributed by atoms with Crippen molar-refractivity contribution in [3.8, 4) is 5.69 Å². The van der Waals surface area contributed by atoms with Gasteiger partial charge in [-0.05, 0) is 6.92 Å². The van der Waals surface area contributed by atoms with Crippen molar-refractivity contribution in [3.63, 3.8) is 0 Å². The zero-order valence-corrected chi connectivity index (χ0v) is 8.80. The molecule has 0 N–H and O–H groups in total. The summed E-state index contributed by atoms with van der Waals surface area (Å²) in [5.74, 6) is -0.0664. The van der Waals surface area contributed by atoms with Gasteiger partial charge in [-0.15, -0.1) is 5.10 Å². The molecule has 6 heteroatoms. The van der Waals surface area contributed by atoms with Gasteiger partial charge in [0.15, 0.2) is 5.78 Å². The second-order valence-corrected chi connectivity index (χ2v) is 3.36. The maximum atomic E-state index is 11.3. The molecule has 0 aliphatic heterocycles. The first-order valence-corrected chi connectivity index (χ1v) is 4.52. The van der Waals surface area contributed by atoms with Crippen LogP contribution in [0.2, 0.25) is 0 Å². The molecule has 6 nitrogen and oxygen atoms in total. The molecule has 0 bridgehead atoms. The molecule has 0 spiro atoms. The molecule has 2 aromatic heterocycles. The summed E-state index contributed by atoms with van der Waals surface area (Å²) in [4.78, 5) is 11.3. The number of hydrogen-bond donors (Lipinski definition) is 0. The van der Waals surface area contributed by atoms with Gasteiger partial charge in [0.05, 0.1) is 18.1 Å². The van der Waals surface area contributed by atoms with Crippen molar-refractivity contribution in [1.82, 2.24) is 24.8 Å². The Labute approximate surface area is 86.5 Å². The smallest absolute Gasteiger partial charge is 0.179 e. The topological polar surface area (TPSA) is 65.6 Å². The highest BCUT2D eigenvalue weighted by molar-refractivity contribution is 5.92. The molecule has 0 aromatic carbocycles. The SMILES string of the molecule is CC(=O)c1cnnn1-c1cn(C)nc1C. The van der Waals surface area contributed by atoms with E-state index >= 15 is 0 Å². The summed E-state index contributed by atoms with van der Waals surface area (Å²) in [5.41, 5.74) is 2.05. The highest BCUT2D eigenvalue weighted by atomic mass is 16.1. The summed E-state index contributed by atoms with van der Waals surface area (Å²) in [6.07, 6.45) is 3.26. The molecular formula is C9H11N5O. The number of carbonyl (C=O) groups is 1. The van der Waals surface area contributed by atoms with E-state index in [1.54, 1.807) is 10.9 Å². The molecule has 0 unspecified atom stereocenters. The van der Waals surface area contributed by atoms with Crippen LogP contribution in [0.4, 0.5) is 0 Å². The molecule has 0 radical (unpaired) electrons. The zero-order valence-electron chi connectivity index (χ0n) is 8.80. The fourth-order valence-corrected chi connectivity index (χ4v) is 1.45. The summed E-state index contributed by atoms with van der Waals surface area (Å²) < 4.78 is 3.18. The van der Waals surface area contributed by atoms with Crippen molar-refractivity contribution in [2.24, 2.45) is 7.05 Å². The van der Waals surface area contributed by atoms with Crippen molar-refractivity contribution < 1.29 is 4.79 Å². The number of carbonyl (C=O) groups excluding carboxylic acids is 1. The standard InChI is InChI=1S/C9H11N5O/c1-6-9(5-13(3)11-6)14-8(7(2)15)4-10-12-14/h4-5H,1-3H3. The molecule has 2 aromatic rings. The third-order valence-electron chi connectivity index (χ3n) is 2.13. The molecule has 0 saturated carbocycles. The molecule has 2 heterocycles. The highest BCUT2D eigenvalue weighted by Crippen LogP contribution is 2.12. The van der Waals surface area contributed by atoms with Crippen LogP contribution in [0, 0.1) is 6.92 Å². The Bertz CT molecular complexity index is 510. The summed E-state index contributed by atoms with van der Waals surface area (Å²) >= 11 is 0. The average molecular weight is 205 g/mol. The second kappa shape index (κ2) is 3.30. The number of hydrogen-bond acceptors (Lipinski definition) is 4. The van der Waals surface area contributed by atoms with Crippen LogP contribution in [0.15, 0.2) is 12.4 Å². The van der Waals surface area contributed by atoms with E-state index in [1.807, 2.05) is 14.0 Å². The van der Waals surface area contributed by atoms with E-state index in [2.05, 4.69) is 15.4 Å². The predicted molar refractivity (Wildman–Crippen MR) is 52.9 cm³/mol. The van der Waals surface area contributed by atoms with E-state index in [9.17, 15) is 4.79 Å². The Morgan fingerprint density at radius 1 is 1.47 bits per heavy atom. The first-order valence-electron chi connectivity index (χ1n) is 4.52. The minimum absolute atomic E-state index is 0.0664. The number of nitrogens with zero attached hydrogens (tertiary/aromatic N) is 5. The van der Waals surface area contributed by atoms with Crippen LogP contribution >= 0.6 is 0 Å².